The van der Waals surface area contributed by atoms with E-state index in [1.165, 1.54) is 0 Å². The number of nitrogens with zero attached hydrogens (tertiary/aromatic N) is 2. The Balaban J connectivity index is 1.39. The van der Waals surface area contributed by atoms with Crippen LogP contribution in [0.4, 0.5) is 26.7 Å². The van der Waals surface area contributed by atoms with Crippen molar-refractivity contribution in [3.8, 4) is 5.75 Å². The van der Waals surface area contributed by atoms with Crippen LogP contribution in [0.2, 0.25) is 0 Å². The molecule has 0 bridgehead atoms. The van der Waals surface area contributed by atoms with Gasteiger partial charge in [-0.05, 0) is 55.3 Å². The van der Waals surface area contributed by atoms with Crippen molar-refractivity contribution in [1.29, 1.82) is 0 Å². The highest BCUT2D eigenvalue weighted by Gasteiger charge is 2.30. The number of amides is 4. The summed E-state index contributed by atoms with van der Waals surface area (Å²) >= 11 is 0. The SMILES string of the molecule is COc1cccc(NC(=O)Nc2ccc(N3CCCN(C(C)c4ccccc4)C3=O)cc2)c1. The van der Waals surface area contributed by atoms with Gasteiger partial charge in [-0.15, -0.1) is 0 Å². The van der Waals surface area contributed by atoms with E-state index in [1.54, 1.807) is 42.3 Å². The highest BCUT2D eigenvalue weighted by Crippen LogP contribution is 2.28. The molecule has 7 nitrogen and oxygen atoms in total. The molecule has 170 valence electrons. The number of rotatable bonds is 6. The van der Waals surface area contributed by atoms with Crippen molar-refractivity contribution in [1.82, 2.24) is 4.90 Å². The third-order valence-corrected chi connectivity index (χ3v) is 5.77. The average molecular weight is 445 g/mol. The molecule has 1 aliphatic rings. The Morgan fingerprint density at radius 3 is 2.36 bits per heavy atom. The minimum atomic E-state index is -0.354. The predicted molar refractivity (Wildman–Crippen MR) is 131 cm³/mol. The van der Waals surface area contributed by atoms with Crippen LogP contribution in [0.1, 0.15) is 24.9 Å². The van der Waals surface area contributed by atoms with Gasteiger partial charge in [0.2, 0.25) is 0 Å². The third kappa shape index (κ3) is 5.26. The summed E-state index contributed by atoms with van der Waals surface area (Å²) in [5, 5.41) is 5.60. The molecule has 1 heterocycles. The van der Waals surface area contributed by atoms with E-state index in [4.69, 9.17) is 4.74 Å². The molecule has 1 aliphatic heterocycles. The lowest BCUT2D eigenvalue weighted by Crippen LogP contribution is -2.50. The van der Waals surface area contributed by atoms with Crippen LogP contribution < -0.4 is 20.3 Å². The standard InChI is InChI=1S/C26H28N4O3/c1-19(20-8-4-3-5-9-20)29-16-7-17-30(26(29)32)23-14-12-21(13-15-23)27-25(31)28-22-10-6-11-24(18-22)33-2/h3-6,8-15,18-19H,7,16-17H2,1-2H3,(H2,27,28,31). The van der Waals surface area contributed by atoms with Crippen LogP contribution in [0.15, 0.2) is 78.9 Å². The summed E-state index contributed by atoms with van der Waals surface area (Å²) in [5.41, 5.74) is 3.20. The van der Waals surface area contributed by atoms with Crippen molar-refractivity contribution >= 4 is 29.1 Å². The third-order valence-electron chi connectivity index (χ3n) is 5.77. The molecule has 3 aromatic carbocycles. The smallest absolute Gasteiger partial charge is 0.324 e. The molecule has 0 spiro atoms. The minimum absolute atomic E-state index is 0.00254. The fourth-order valence-electron chi connectivity index (χ4n) is 3.97. The number of ether oxygens (including phenoxy) is 1. The number of nitrogens with one attached hydrogen (secondary N) is 2. The minimum Gasteiger partial charge on any atom is -0.497 e. The number of hydrogen-bond donors (Lipinski definition) is 2. The zero-order valence-electron chi connectivity index (χ0n) is 18.8. The normalized spacial score (nSPS) is 14.5. The lowest BCUT2D eigenvalue weighted by Gasteiger charge is -2.39. The summed E-state index contributed by atoms with van der Waals surface area (Å²) in [7, 11) is 1.58. The second-order valence-corrected chi connectivity index (χ2v) is 7.93. The van der Waals surface area contributed by atoms with Crippen molar-refractivity contribution in [2.75, 3.05) is 35.7 Å². The van der Waals surface area contributed by atoms with E-state index in [0.29, 0.717) is 23.7 Å². The number of carbonyl (C=O) groups is 2. The van der Waals surface area contributed by atoms with Crippen LogP contribution in [-0.2, 0) is 0 Å². The zero-order chi connectivity index (χ0) is 23.2. The van der Waals surface area contributed by atoms with Gasteiger partial charge in [0.1, 0.15) is 5.75 Å². The van der Waals surface area contributed by atoms with E-state index >= 15 is 0 Å². The molecule has 0 saturated carbocycles. The number of benzene rings is 3. The van der Waals surface area contributed by atoms with Gasteiger partial charge in [0.25, 0.3) is 0 Å². The van der Waals surface area contributed by atoms with Crippen molar-refractivity contribution in [3.05, 3.63) is 84.4 Å². The molecule has 0 aliphatic carbocycles. The van der Waals surface area contributed by atoms with E-state index < -0.39 is 0 Å². The largest absolute Gasteiger partial charge is 0.497 e. The summed E-state index contributed by atoms with van der Waals surface area (Å²) in [6.07, 6.45) is 0.895. The van der Waals surface area contributed by atoms with Crippen molar-refractivity contribution in [2.24, 2.45) is 0 Å². The zero-order valence-corrected chi connectivity index (χ0v) is 18.8. The molecule has 33 heavy (non-hydrogen) atoms. The van der Waals surface area contributed by atoms with Crippen LogP contribution in [-0.4, -0.2) is 37.2 Å². The first kappa shape index (κ1) is 22.2. The second-order valence-electron chi connectivity index (χ2n) is 7.93. The Morgan fingerprint density at radius 1 is 0.909 bits per heavy atom. The summed E-state index contributed by atoms with van der Waals surface area (Å²) in [6, 6.07) is 24.2. The average Bonchev–Trinajstić information content (AvgIpc) is 2.85. The van der Waals surface area contributed by atoms with E-state index in [2.05, 4.69) is 17.6 Å². The maximum absolute atomic E-state index is 13.2. The second kappa shape index (κ2) is 10.1. The lowest BCUT2D eigenvalue weighted by molar-refractivity contribution is 0.175. The molecule has 4 amide bonds. The molecule has 1 fully saturated rings. The van der Waals surface area contributed by atoms with Crippen LogP contribution in [0.3, 0.4) is 0 Å². The van der Waals surface area contributed by atoms with Gasteiger partial charge in [-0.25, -0.2) is 9.59 Å². The van der Waals surface area contributed by atoms with Crippen molar-refractivity contribution < 1.29 is 14.3 Å². The van der Waals surface area contributed by atoms with Gasteiger partial charge in [0.15, 0.2) is 0 Å². The van der Waals surface area contributed by atoms with Crippen LogP contribution in [0.5, 0.6) is 5.75 Å². The first-order valence-electron chi connectivity index (χ1n) is 11.0. The van der Waals surface area contributed by atoms with E-state index in [9.17, 15) is 9.59 Å². The molecule has 1 saturated heterocycles. The molecular weight excluding hydrogens is 416 g/mol. The Kier molecular flexibility index (Phi) is 6.78. The molecule has 2 N–H and O–H groups in total. The van der Waals surface area contributed by atoms with Gasteiger partial charge in [-0.3, -0.25) is 4.90 Å². The van der Waals surface area contributed by atoms with Crippen molar-refractivity contribution in [2.45, 2.75) is 19.4 Å². The van der Waals surface area contributed by atoms with Gasteiger partial charge in [0.05, 0.1) is 13.2 Å². The number of hydrogen-bond acceptors (Lipinski definition) is 3. The maximum Gasteiger partial charge on any atom is 0.324 e. The van der Waals surface area contributed by atoms with Crippen LogP contribution in [0, 0.1) is 0 Å². The Labute approximate surface area is 194 Å². The Bertz CT molecular complexity index is 1100. The molecule has 4 rings (SSSR count). The van der Waals surface area contributed by atoms with Gasteiger partial charge in [-0.2, -0.15) is 0 Å². The fraction of sp³-hybridized carbons (Fsp3) is 0.231. The predicted octanol–water partition coefficient (Wildman–Crippen LogP) is 5.73. The van der Waals surface area contributed by atoms with E-state index in [-0.39, 0.29) is 18.1 Å². The first-order chi connectivity index (χ1) is 16.0. The summed E-state index contributed by atoms with van der Waals surface area (Å²) in [4.78, 5) is 29.3. The number of urea groups is 2. The number of anilines is 3. The molecule has 7 heteroatoms. The van der Waals surface area contributed by atoms with Gasteiger partial charge in [-0.1, -0.05) is 36.4 Å². The molecule has 0 radical (unpaired) electrons. The Morgan fingerprint density at radius 2 is 1.64 bits per heavy atom. The van der Waals surface area contributed by atoms with Gasteiger partial charge < -0.3 is 20.3 Å². The summed E-state index contributed by atoms with van der Waals surface area (Å²) < 4.78 is 5.17. The highest BCUT2D eigenvalue weighted by molar-refractivity contribution is 6.00. The maximum atomic E-state index is 13.2. The first-order valence-corrected chi connectivity index (χ1v) is 11.0. The molecular formula is C26H28N4O3. The summed E-state index contributed by atoms with van der Waals surface area (Å²) in [6.45, 7) is 3.46. The summed E-state index contributed by atoms with van der Waals surface area (Å²) in [5.74, 6) is 0.666. The topological polar surface area (TPSA) is 73.9 Å². The van der Waals surface area contributed by atoms with Crippen LogP contribution >= 0.6 is 0 Å². The van der Waals surface area contributed by atoms with Gasteiger partial charge in [0, 0.05) is 36.2 Å². The van der Waals surface area contributed by atoms with Crippen LogP contribution in [0.25, 0.3) is 0 Å². The monoisotopic (exact) mass is 444 g/mol. The number of methoxy groups -OCH3 is 1. The lowest BCUT2D eigenvalue weighted by atomic mass is 10.1. The quantitative estimate of drug-likeness (QED) is 0.510. The Hall–Kier alpha value is -4.00. The highest BCUT2D eigenvalue weighted by atomic mass is 16.5. The molecule has 1 atom stereocenters. The van der Waals surface area contributed by atoms with E-state index in [1.807, 2.05) is 53.4 Å². The number of carbonyl (C=O) groups excluding carboxylic acids is 2. The fourth-order valence-corrected chi connectivity index (χ4v) is 3.97. The molecule has 3 aromatic rings. The van der Waals surface area contributed by atoms with Crippen molar-refractivity contribution in [3.63, 3.8) is 0 Å². The molecule has 0 aromatic heterocycles. The van der Waals surface area contributed by atoms with E-state index in [0.717, 1.165) is 24.2 Å². The molecule has 1 unspecified atom stereocenters. The van der Waals surface area contributed by atoms with Gasteiger partial charge >= 0.3 is 12.1 Å².